The minimum absolute atomic E-state index is 0.118. The van der Waals surface area contributed by atoms with Gasteiger partial charge in [0.15, 0.2) is 0 Å². The van der Waals surface area contributed by atoms with Gasteiger partial charge in [-0.1, -0.05) is 23.2 Å². The molecular formula is C12H18Cl2N2O. The molecule has 96 valence electrons. The van der Waals surface area contributed by atoms with Crippen molar-refractivity contribution in [2.24, 2.45) is 0 Å². The van der Waals surface area contributed by atoms with Crippen LogP contribution in [0.25, 0.3) is 0 Å². The van der Waals surface area contributed by atoms with Crippen LogP contribution in [-0.2, 0) is 6.54 Å². The van der Waals surface area contributed by atoms with E-state index in [4.69, 9.17) is 23.2 Å². The molecule has 0 aliphatic rings. The highest BCUT2D eigenvalue weighted by atomic mass is 35.5. The zero-order valence-electron chi connectivity index (χ0n) is 10.4. The van der Waals surface area contributed by atoms with E-state index in [0.29, 0.717) is 16.6 Å². The van der Waals surface area contributed by atoms with E-state index in [1.807, 2.05) is 21.1 Å². The first-order chi connectivity index (χ1) is 7.90. The number of likely N-dealkylation sites (N-methyl/N-ethyl adjacent to an activating group) is 2. The average Bonchev–Trinajstić information content (AvgIpc) is 2.22. The van der Waals surface area contributed by atoms with Crippen LogP contribution in [-0.4, -0.2) is 49.1 Å². The van der Waals surface area contributed by atoms with Crippen LogP contribution in [0.2, 0.25) is 10.0 Å². The predicted octanol–water partition coefficient (Wildman–Crippen LogP) is 2.69. The molecule has 0 unspecified atom stereocenters. The molecule has 17 heavy (non-hydrogen) atoms. The predicted molar refractivity (Wildman–Crippen MR) is 73.0 cm³/mol. The molecule has 0 amide bonds. The SMILES string of the molecule is CN(C)CCN(C)Cc1cc(Cl)cc(Cl)c1O. The molecule has 3 nitrogen and oxygen atoms in total. The van der Waals surface area contributed by atoms with Crippen molar-refractivity contribution in [3.05, 3.63) is 27.7 Å². The number of phenols is 1. The van der Waals surface area contributed by atoms with E-state index in [0.717, 1.165) is 18.7 Å². The van der Waals surface area contributed by atoms with Crippen LogP contribution in [0.1, 0.15) is 5.56 Å². The molecule has 1 aromatic carbocycles. The van der Waals surface area contributed by atoms with Crippen LogP contribution >= 0.6 is 23.2 Å². The summed E-state index contributed by atoms with van der Waals surface area (Å²) in [5, 5.41) is 10.7. The van der Waals surface area contributed by atoms with Gasteiger partial charge in [-0.2, -0.15) is 0 Å². The second kappa shape index (κ2) is 6.45. The maximum atomic E-state index is 9.82. The van der Waals surface area contributed by atoms with Gasteiger partial charge in [-0.15, -0.1) is 0 Å². The van der Waals surface area contributed by atoms with Crippen molar-refractivity contribution >= 4 is 23.2 Å². The Bertz CT molecular complexity index is 383. The molecule has 1 N–H and O–H groups in total. The average molecular weight is 277 g/mol. The van der Waals surface area contributed by atoms with Gasteiger partial charge in [-0.3, -0.25) is 0 Å². The maximum absolute atomic E-state index is 9.82. The second-order valence-electron chi connectivity index (χ2n) is 4.44. The molecular weight excluding hydrogens is 259 g/mol. The molecule has 0 aliphatic carbocycles. The molecule has 0 saturated carbocycles. The highest BCUT2D eigenvalue weighted by Gasteiger charge is 2.10. The topological polar surface area (TPSA) is 26.7 Å². The molecule has 0 spiro atoms. The van der Waals surface area contributed by atoms with Gasteiger partial charge in [0.25, 0.3) is 0 Å². The molecule has 0 atom stereocenters. The van der Waals surface area contributed by atoms with Gasteiger partial charge in [0.05, 0.1) is 5.02 Å². The summed E-state index contributed by atoms with van der Waals surface area (Å²) in [6.07, 6.45) is 0. The first kappa shape index (κ1) is 14.6. The van der Waals surface area contributed by atoms with Crippen molar-refractivity contribution in [2.75, 3.05) is 34.2 Å². The Kier molecular flexibility index (Phi) is 5.53. The fourth-order valence-corrected chi connectivity index (χ4v) is 2.02. The maximum Gasteiger partial charge on any atom is 0.138 e. The van der Waals surface area contributed by atoms with E-state index in [-0.39, 0.29) is 5.75 Å². The van der Waals surface area contributed by atoms with Crippen molar-refractivity contribution in [2.45, 2.75) is 6.54 Å². The van der Waals surface area contributed by atoms with Gasteiger partial charge in [-0.05, 0) is 33.3 Å². The zero-order valence-corrected chi connectivity index (χ0v) is 11.9. The second-order valence-corrected chi connectivity index (χ2v) is 5.28. The number of halogens is 2. The molecule has 0 aromatic heterocycles. The lowest BCUT2D eigenvalue weighted by molar-refractivity contribution is 0.273. The Balaban J connectivity index is 2.68. The third-order valence-corrected chi connectivity index (χ3v) is 2.98. The van der Waals surface area contributed by atoms with Crippen molar-refractivity contribution in [3.63, 3.8) is 0 Å². The van der Waals surface area contributed by atoms with Crippen molar-refractivity contribution in [3.8, 4) is 5.75 Å². The molecule has 5 heteroatoms. The Hall–Kier alpha value is -0.480. The van der Waals surface area contributed by atoms with Crippen LogP contribution in [0.15, 0.2) is 12.1 Å². The summed E-state index contributed by atoms with van der Waals surface area (Å²) in [6.45, 7) is 2.50. The first-order valence-electron chi connectivity index (χ1n) is 5.40. The third-order valence-electron chi connectivity index (χ3n) is 2.48. The molecule has 0 radical (unpaired) electrons. The van der Waals surface area contributed by atoms with Gasteiger partial charge in [0.1, 0.15) is 5.75 Å². The monoisotopic (exact) mass is 276 g/mol. The zero-order chi connectivity index (χ0) is 13.0. The van der Waals surface area contributed by atoms with E-state index < -0.39 is 0 Å². The molecule has 0 bridgehead atoms. The van der Waals surface area contributed by atoms with Gasteiger partial charge >= 0.3 is 0 Å². The largest absolute Gasteiger partial charge is 0.506 e. The first-order valence-corrected chi connectivity index (χ1v) is 6.16. The van der Waals surface area contributed by atoms with Gasteiger partial charge in [0.2, 0.25) is 0 Å². The smallest absolute Gasteiger partial charge is 0.138 e. The van der Waals surface area contributed by atoms with E-state index in [9.17, 15) is 5.11 Å². The normalized spacial score (nSPS) is 11.5. The number of aromatic hydroxyl groups is 1. The fourth-order valence-electron chi connectivity index (χ4n) is 1.48. The van der Waals surface area contributed by atoms with Crippen LogP contribution in [0.3, 0.4) is 0 Å². The van der Waals surface area contributed by atoms with E-state index in [1.54, 1.807) is 12.1 Å². The van der Waals surface area contributed by atoms with Crippen LogP contribution in [0.5, 0.6) is 5.75 Å². The summed E-state index contributed by atoms with van der Waals surface area (Å²) in [5.41, 5.74) is 0.753. The molecule has 1 aromatic rings. The van der Waals surface area contributed by atoms with Crippen LogP contribution < -0.4 is 0 Å². The summed E-state index contributed by atoms with van der Waals surface area (Å²) in [5.74, 6) is 0.118. The third kappa shape index (κ3) is 4.72. The lowest BCUT2D eigenvalue weighted by atomic mass is 10.2. The minimum atomic E-state index is 0.118. The number of phenolic OH excluding ortho intramolecular Hbond substituents is 1. The molecule has 0 fully saturated rings. The van der Waals surface area contributed by atoms with E-state index in [2.05, 4.69) is 9.80 Å². The molecule has 0 saturated heterocycles. The van der Waals surface area contributed by atoms with E-state index >= 15 is 0 Å². The van der Waals surface area contributed by atoms with Crippen molar-refractivity contribution < 1.29 is 5.11 Å². The number of hydrogen-bond acceptors (Lipinski definition) is 3. The number of benzene rings is 1. The van der Waals surface area contributed by atoms with Crippen molar-refractivity contribution in [1.82, 2.24) is 9.80 Å². The number of rotatable bonds is 5. The van der Waals surface area contributed by atoms with Gasteiger partial charge in [-0.25, -0.2) is 0 Å². The fraction of sp³-hybridized carbons (Fsp3) is 0.500. The Morgan fingerprint density at radius 3 is 2.35 bits per heavy atom. The summed E-state index contributed by atoms with van der Waals surface area (Å²) in [6, 6.07) is 3.29. The van der Waals surface area contributed by atoms with Crippen LogP contribution in [0, 0.1) is 0 Å². The van der Waals surface area contributed by atoms with Crippen LogP contribution in [0.4, 0.5) is 0 Å². The lowest BCUT2D eigenvalue weighted by Crippen LogP contribution is -2.28. The standard InChI is InChI=1S/C12H18Cl2N2O/c1-15(2)4-5-16(3)8-9-6-10(13)7-11(14)12(9)17/h6-7,17H,4-5,8H2,1-3H3. The Labute approximate surface area is 113 Å². The number of nitrogens with zero attached hydrogens (tertiary/aromatic N) is 2. The highest BCUT2D eigenvalue weighted by Crippen LogP contribution is 2.31. The minimum Gasteiger partial charge on any atom is -0.506 e. The Morgan fingerprint density at radius 2 is 1.76 bits per heavy atom. The summed E-state index contributed by atoms with van der Waals surface area (Å²) >= 11 is 11.8. The lowest BCUT2D eigenvalue weighted by Gasteiger charge is -2.20. The van der Waals surface area contributed by atoms with E-state index in [1.165, 1.54) is 0 Å². The van der Waals surface area contributed by atoms with Crippen molar-refractivity contribution in [1.29, 1.82) is 0 Å². The molecule has 0 heterocycles. The molecule has 0 aliphatic heterocycles. The highest BCUT2D eigenvalue weighted by molar-refractivity contribution is 6.35. The van der Waals surface area contributed by atoms with Gasteiger partial charge < -0.3 is 14.9 Å². The summed E-state index contributed by atoms with van der Waals surface area (Å²) < 4.78 is 0. The summed E-state index contributed by atoms with van der Waals surface area (Å²) in [4.78, 5) is 4.23. The quantitative estimate of drug-likeness (QED) is 0.896. The number of hydrogen-bond donors (Lipinski definition) is 1. The summed E-state index contributed by atoms with van der Waals surface area (Å²) in [7, 11) is 6.06. The Morgan fingerprint density at radius 1 is 1.12 bits per heavy atom. The van der Waals surface area contributed by atoms with Gasteiger partial charge in [0, 0.05) is 30.2 Å². The molecule has 1 rings (SSSR count).